The molecule has 4 rings (SSSR count). The fourth-order valence-corrected chi connectivity index (χ4v) is 4.33. The molecule has 0 aliphatic carbocycles. The largest absolute Gasteiger partial charge is 0.496 e. The fraction of sp³-hybridized carbons (Fsp3) is 0.333. The zero-order valence-corrected chi connectivity index (χ0v) is 21.1. The van der Waals surface area contributed by atoms with Gasteiger partial charge >= 0.3 is 5.97 Å². The Morgan fingerprint density at radius 2 is 1.69 bits per heavy atom. The molecule has 1 aromatic heterocycles. The maximum absolute atomic E-state index is 11.9. The van der Waals surface area contributed by atoms with Crippen molar-refractivity contribution in [3.63, 3.8) is 0 Å². The summed E-state index contributed by atoms with van der Waals surface area (Å²) in [6.45, 7) is 4.02. The number of aliphatic hydroxyl groups is 1. The molecule has 1 aliphatic rings. The van der Waals surface area contributed by atoms with Crippen molar-refractivity contribution in [2.24, 2.45) is 7.05 Å². The maximum atomic E-state index is 11.9. The fourth-order valence-electron chi connectivity index (χ4n) is 4.33. The molecule has 1 aliphatic heterocycles. The van der Waals surface area contributed by atoms with Crippen molar-refractivity contribution in [1.82, 2.24) is 20.2 Å². The molecule has 0 unspecified atom stereocenters. The van der Waals surface area contributed by atoms with Crippen LogP contribution in [0.3, 0.4) is 0 Å². The van der Waals surface area contributed by atoms with Crippen LogP contribution in [0.15, 0.2) is 48.6 Å². The summed E-state index contributed by atoms with van der Waals surface area (Å²) in [4.78, 5) is 11.9. The molecule has 1 fully saturated rings. The van der Waals surface area contributed by atoms with Crippen LogP contribution in [-0.2, 0) is 16.6 Å². The number of benzene rings is 2. The minimum absolute atomic E-state index is 0.00747. The Morgan fingerprint density at radius 1 is 1.08 bits per heavy atom. The summed E-state index contributed by atoms with van der Waals surface area (Å²) < 4.78 is 18.6. The van der Waals surface area contributed by atoms with Crippen molar-refractivity contribution >= 4 is 17.1 Å². The number of rotatable bonds is 7. The lowest BCUT2D eigenvalue weighted by Crippen LogP contribution is -2.31. The van der Waals surface area contributed by atoms with E-state index in [2.05, 4.69) is 15.5 Å². The second-order valence-corrected chi connectivity index (χ2v) is 8.80. The number of tetrazole rings is 1. The Bertz CT molecular complexity index is 1270. The average Bonchev–Trinajstić information content (AvgIpc) is 3.26. The number of nitrogens with zero attached hydrogens (tertiary/aromatic N) is 4. The summed E-state index contributed by atoms with van der Waals surface area (Å²) >= 11 is 0. The number of esters is 1. The van der Waals surface area contributed by atoms with Gasteiger partial charge in [-0.1, -0.05) is 29.3 Å². The zero-order chi connectivity index (χ0) is 25.8. The van der Waals surface area contributed by atoms with Gasteiger partial charge in [-0.25, -0.2) is 4.68 Å². The van der Waals surface area contributed by atoms with Crippen LogP contribution in [-0.4, -0.2) is 57.7 Å². The van der Waals surface area contributed by atoms with E-state index in [0.29, 0.717) is 29.3 Å². The molecule has 188 valence electrons. The first-order valence-electron chi connectivity index (χ1n) is 11.6. The number of ether oxygens (including phenoxy) is 3. The third kappa shape index (κ3) is 5.31. The van der Waals surface area contributed by atoms with Crippen LogP contribution >= 0.6 is 0 Å². The number of hydrogen-bond acceptors (Lipinski definition) is 8. The summed E-state index contributed by atoms with van der Waals surface area (Å²) in [6.07, 6.45) is 2.56. The Kier molecular flexibility index (Phi) is 7.49. The van der Waals surface area contributed by atoms with Crippen LogP contribution in [0.4, 0.5) is 0 Å². The van der Waals surface area contributed by atoms with E-state index < -0.39 is 18.2 Å². The molecular formula is C27H30N4O5. The van der Waals surface area contributed by atoms with Gasteiger partial charge in [-0.15, -0.1) is 5.10 Å². The summed E-state index contributed by atoms with van der Waals surface area (Å²) in [6, 6.07) is 11.9. The number of hydrogen-bond donors (Lipinski definition) is 1. The second kappa shape index (κ2) is 10.7. The Morgan fingerprint density at radius 3 is 2.19 bits per heavy atom. The van der Waals surface area contributed by atoms with E-state index in [1.165, 1.54) is 0 Å². The first-order chi connectivity index (χ1) is 17.3. The minimum atomic E-state index is -0.752. The smallest absolute Gasteiger partial charge is 0.309 e. The van der Waals surface area contributed by atoms with E-state index in [4.69, 9.17) is 14.2 Å². The summed E-state index contributed by atoms with van der Waals surface area (Å²) in [5.41, 5.74) is 5.19. The van der Waals surface area contributed by atoms with E-state index in [9.17, 15) is 9.90 Å². The summed E-state index contributed by atoms with van der Waals surface area (Å²) in [7, 11) is 5.01. The maximum Gasteiger partial charge on any atom is 0.309 e. The standard InChI is InChI=1S/C27H30N4O5/c1-16-6-10-23(34-4)21(12-16)26(22-13-17(2)7-11-24(22)35-5)20(27-28-29-30-31(27)3)9-8-19-14-18(32)15-25(33)36-19/h6-13,18-19,32H,14-15H2,1-5H3/b9-8+/t18-,19-/m1/s1. The van der Waals surface area contributed by atoms with Gasteiger partial charge in [0.05, 0.1) is 26.7 Å². The van der Waals surface area contributed by atoms with E-state index in [1.807, 2.05) is 56.3 Å². The lowest BCUT2D eigenvalue weighted by atomic mass is 9.89. The van der Waals surface area contributed by atoms with Crippen molar-refractivity contribution < 1.29 is 24.1 Å². The SMILES string of the molecule is COc1ccc(C)cc1C(=C(/C=C/[C@@H]1C[C@@H](O)CC(=O)O1)c1nnnn1C)c1cc(C)ccc1OC. The predicted molar refractivity (Wildman–Crippen MR) is 134 cm³/mol. The highest BCUT2D eigenvalue weighted by Crippen LogP contribution is 2.41. The molecular weight excluding hydrogens is 460 g/mol. The van der Waals surface area contributed by atoms with Crippen LogP contribution in [0.25, 0.3) is 11.1 Å². The van der Waals surface area contributed by atoms with Gasteiger partial charge in [-0.2, -0.15) is 0 Å². The quantitative estimate of drug-likeness (QED) is 0.396. The molecule has 0 saturated carbocycles. The van der Waals surface area contributed by atoms with Gasteiger partial charge in [0.1, 0.15) is 17.6 Å². The summed E-state index contributed by atoms with van der Waals surface area (Å²) in [5.74, 6) is 1.39. The summed E-state index contributed by atoms with van der Waals surface area (Å²) in [5, 5.41) is 22.3. The first-order valence-corrected chi connectivity index (χ1v) is 11.6. The number of allylic oxidation sites excluding steroid dienone is 2. The molecule has 0 spiro atoms. The van der Waals surface area contributed by atoms with Gasteiger partial charge in [0, 0.05) is 35.7 Å². The highest BCUT2D eigenvalue weighted by molar-refractivity contribution is 6.03. The van der Waals surface area contributed by atoms with Gasteiger partial charge in [-0.05, 0) is 54.6 Å². The number of carbonyl (C=O) groups excluding carboxylic acids is 1. The molecule has 1 saturated heterocycles. The van der Waals surface area contributed by atoms with Gasteiger partial charge in [0.2, 0.25) is 0 Å². The second-order valence-electron chi connectivity index (χ2n) is 8.80. The third-order valence-corrected chi connectivity index (χ3v) is 6.05. The Hall–Kier alpha value is -3.98. The number of methoxy groups -OCH3 is 2. The molecule has 0 amide bonds. The van der Waals surface area contributed by atoms with Crippen LogP contribution in [0.2, 0.25) is 0 Å². The van der Waals surface area contributed by atoms with Crippen molar-refractivity contribution in [2.75, 3.05) is 14.2 Å². The molecule has 9 nitrogen and oxygen atoms in total. The zero-order valence-electron chi connectivity index (χ0n) is 21.1. The number of aliphatic hydroxyl groups excluding tert-OH is 1. The van der Waals surface area contributed by atoms with Gasteiger partial charge < -0.3 is 19.3 Å². The van der Waals surface area contributed by atoms with Crippen molar-refractivity contribution in [1.29, 1.82) is 0 Å². The normalized spacial score (nSPS) is 17.7. The van der Waals surface area contributed by atoms with Gasteiger partial charge in [0.25, 0.3) is 0 Å². The number of cyclic esters (lactones) is 1. The van der Waals surface area contributed by atoms with Crippen LogP contribution in [0.1, 0.15) is 40.9 Å². The lowest BCUT2D eigenvalue weighted by Gasteiger charge is -2.24. The van der Waals surface area contributed by atoms with E-state index in [0.717, 1.165) is 27.8 Å². The van der Waals surface area contributed by atoms with E-state index >= 15 is 0 Å². The van der Waals surface area contributed by atoms with Crippen molar-refractivity contribution in [3.05, 3.63) is 76.6 Å². The van der Waals surface area contributed by atoms with Gasteiger partial charge in [0.15, 0.2) is 5.82 Å². The molecule has 2 atom stereocenters. The molecule has 36 heavy (non-hydrogen) atoms. The molecule has 0 bridgehead atoms. The van der Waals surface area contributed by atoms with Crippen molar-refractivity contribution in [2.45, 2.75) is 38.9 Å². The predicted octanol–water partition coefficient (Wildman–Crippen LogP) is 3.43. The molecule has 0 radical (unpaired) electrons. The molecule has 9 heteroatoms. The van der Waals surface area contributed by atoms with Crippen LogP contribution in [0, 0.1) is 13.8 Å². The van der Waals surface area contributed by atoms with Gasteiger partial charge in [-0.3, -0.25) is 4.79 Å². The lowest BCUT2D eigenvalue weighted by molar-refractivity contribution is -0.156. The van der Waals surface area contributed by atoms with E-state index in [1.54, 1.807) is 32.0 Å². The highest BCUT2D eigenvalue weighted by atomic mass is 16.5. The Labute approximate surface area is 210 Å². The topological polar surface area (TPSA) is 109 Å². The minimum Gasteiger partial charge on any atom is -0.496 e. The number of aromatic nitrogens is 4. The first kappa shape index (κ1) is 25.1. The van der Waals surface area contributed by atoms with Crippen LogP contribution < -0.4 is 9.47 Å². The molecule has 2 aromatic carbocycles. The van der Waals surface area contributed by atoms with E-state index in [-0.39, 0.29) is 6.42 Å². The van der Waals surface area contributed by atoms with Crippen molar-refractivity contribution in [3.8, 4) is 11.5 Å². The number of carbonyl (C=O) groups is 1. The third-order valence-electron chi connectivity index (χ3n) is 6.05. The molecule has 2 heterocycles. The monoisotopic (exact) mass is 490 g/mol. The molecule has 1 N–H and O–H groups in total. The highest BCUT2D eigenvalue weighted by Gasteiger charge is 2.27. The molecule has 3 aromatic rings. The average molecular weight is 491 g/mol. The Balaban J connectivity index is 2.05. The number of aryl methyl sites for hydroxylation is 3. The van der Waals surface area contributed by atoms with Crippen LogP contribution in [0.5, 0.6) is 11.5 Å².